The number of rotatable bonds is 5. The van der Waals surface area contributed by atoms with Gasteiger partial charge >= 0.3 is 0 Å². The molecule has 16 heavy (non-hydrogen) atoms. The third-order valence-corrected chi connectivity index (χ3v) is 3.89. The molecule has 1 aromatic rings. The Kier molecular flexibility index (Phi) is 5.23. The zero-order valence-corrected chi connectivity index (χ0v) is 11.9. The monoisotopic (exact) mass is 281 g/mol. The van der Waals surface area contributed by atoms with Gasteiger partial charge in [-0.25, -0.2) is 0 Å². The van der Waals surface area contributed by atoms with Crippen LogP contribution in [0.15, 0.2) is 34.8 Å². The summed E-state index contributed by atoms with van der Waals surface area (Å²) in [6, 6.07) is 6.72. The van der Waals surface area contributed by atoms with Crippen molar-refractivity contribution in [1.82, 2.24) is 5.32 Å². The SMILES string of the molecule is C=C(CC)CC(NC)c1cccc(Br)c1C. The predicted molar refractivity (Wildman–Crippen MR) is 74.7 cm³/mol. The van der Waals surface area contributed by atoms with Gasteiger partial charge in [0.2, 0.25) is 0 Å². The van der Waals surface area contributed by atoms with Gasteiger partial charge in [0.05, 0.1) is 0 Å². The molecular weight excluding hydrogens is 262 g/mol. The highest BCUT2D eigenvalue weighted by Crippen LogP contribution is 2.28. The first kappa shape index (κ1) is 13.5. The highest BCUT2D eigenvalue weighted by Gasteiger charge is 2.13. The van der Waals surface area contributed by atoms with E-state index < -0.39 is 0 Å². The minimum Gasteiger partial charge on any atom is -0.313 e. The summed E-state index contributed by atoms with van der Waals surface area (Å²) in [7, 11) is 2.01. The standard InChI is InChI=1S/C14H20BrN/c1-5-10(2)9-14(16-4)12-7-6-8-13(15)11(12)3/h6-8,14,16H,2,5,9H2,1,3-4H3. The van der Waals surface area contributed by atoms with Crippen LogP contribution in [0.25, 0.3) is 0 Å². The van der Waals surface area contributed by atoms with Gasteiger partial charge in [-0.2, -0.15) is 0 Å². The molecule has 88 valence electrons. The van der Waals surface area contributed by atoms with Crippen molar-refractivity contribution in [3.8, 4) is 0 Å². The summed E-state index contributed by atoms with van der Waals surface area (Å²) in [5, 5.41) is 3.37. The van der Waals surface area contributed by atoms with E-state index >= 15 is 0 Å². The van der Waals surface area contributed by atoms with Gasteiger partial charge in [0.15, 0.2) is 0 Å². The Labute approximate surface area is 107 Å². The van der Waals surface area contributed by atoms with Gasteiger partial charge in [0.25, 0.3) is 0 Å². The molecular formula is C14H20BrN. The fourth-order valence-electron chi connectivity index (χ4n) is 1.80. The zero-order chi connectivity index (χ0) is 12.1. The third kappa shape index (κ3) is 3.19. The zero-order valence-electron chi connectivity index (χ0n) is 10.3. The van der Waals surface area contributed by atoms with Crippen LogP contribution in [-0.4, -0.2) is 7.05 Å². The Morgan fingerprint density at radius 1 is 1.50 bits per heavy atom. The van der Waals surface area contributed by atoms with E-state index in [0.717, 1.165) is 12.8 Å². The lowest BCUT2D eigenvalue weighted by Crippen LogP contribution is -2.18. The molecule has 0 saturated carbocycles. The summed E-state index contributed by atoms with van der Waals surface area (Å²) in [5.41, 5.74) is 3.95. The van der Waals surface area contributed by atoms with Crippen LogP contribution in [0, 0.1) is 6.92 Å². The molecule has 0 aliphatic rings. The normalized spacial score (nSPS) is 12.5. The Morgan fingerprint density at radius 2 is 2.19 bits per heavy atom. The Morgan fingerprint density at radius 3 is 2.75 bits per heavy atom. The van der Waals surface area contributed by atoms with Crippen LogP contribution in [0.5, 0.6) is 0 Å². The lowest BCUT2D eigenvalue weighted by atomic mass is 9.95. The van der Waals surface area contributed by atoms with Crippen LogP contribution in [0.2, 0.25) is 0 Å². The Hall–Kier alpha value is -0.600. The highest BCUT2D eigenvalue weighted by atomic mass is 79.9. The van der Waals surface area contributed by atoms with Crippen molar-refractivity contribution in [3.05, 3.63) is 46.0 Å². The van der Waals surface area contributed by atoms with Crippen molar-refractivity contribution in [1.29, 1.82) is 0 Å². The summed E-state index contributed by atoms with van der Waals surface area (Å²) in [5.74, 6) is 0. The van der Waals surface area contributed by atoms with Gasteiger partial charge in [0.1, 0.15) is 0 Å². The van der Waals surface area contributed by atoms with Crippen molar-refractivity contribution in [3.63, 3.8) is 0 Å². The number of benzene rings is 1. The van der Waals surface area contributed by atoms with E-state index in [2.05, 4.69) is 59.9 Å². The summed E-state index contributed by atoms with van der Waals surface area (Å²) in [6.45, 7) is 8.39. The van der Waals surface area contributed by atoms with Crippen LogP contribution in [0.1, 0.15) is 36.9 Å². The van der Waals surface area contributed by atoms with Crippen LogP contribution >= 0.6 is 15.9 Å². The van der Waals surface area contributed by atoms with Gasteiger partial charge in [-0.15, -0.1) is 0 Å². The lowest BCUT2D eigenvalue weighted by molar-refractivity contribution is 0.579. The van der Waals surface area contributed by atoms with Gasteiger partial charge in [-0.05, 0) is 44.0 Å². The van der Waals surface area contributed by atoms with Crippen molar-refractivity contribution in [2.75, 3.05) is 7.05 Å². The molecule has 0 spiro atoms. The summed E-state index contributed by atoms with van der Waals surface area (Å²) >= 11 is 3.58. The quantitative estimate of drug-likeness (QED) is 0.790. The first-order valence-electron chi connectivity index (χ1n) is 5.69. The molecule has 0 aliphatic heterocycles. The van der Waals surface area contributed by atoms with E-state index in [1.807, 2.05) is 7.05 Å². The minimum atomic E-state index is 0.366. The largest absolute Gasteiger partial charge is 0.313 e. The maximum absolute atomic E-state index is 4.09. The molecule has 1 atom stereocenters. The molecule has 1 N–H and O–H groups in total. The van der Waals surface area contributed by atoms with E-state index in [9.17, 15) is 0 Å². The van der Waals surface area contributed by atoms with Crippen molar-refractivity contribution < 1.29 is 0 Å². The van der Waals surface area contributed by atoms with E-state index in [0.29, 0.717) is 6.04 Å². The molecule has 2 heteroatoms. The van der Waals surface area contributed by atoms with E-state index in [1.54, 1.807) is 0 Å². The molecule has 1 rings (SSSR count). The molecule has 0 bridgehead atoms. The second kappa shape index (κ2) is 6.21. The van der Waals surface area contributed by atoms with Crippen molar-refractivity contribution >= 4 is 15.9 Å². The fraction of sp³-hybridized carbons (Fsp3) is 0.429. The van der Waals surface area contributed by atoms with Crippen molar-refractivity contribution in [2.45, 2.75) is 32.7 Å². The molecule has 1 unspecified atom stereocenters. The molecule has 1 aromatic carbocycles. The minimum absolute atomic E-state index is 0.366. The Balaban J connectivity index is 2.95. The predicted octanol–water partition coefficient (Wildman–Crippen LogP) is 4.37. The summed E-state index contributed by atoms with van der Waals surface area (Å²) in [4.78, 5) is 0. The van der Waals surface area contributed by atoms with Gasteiger partial charge in [0, 0.05) is 10.5 Å². The number of hydrogen-bond acceptors (Lipinski definition) is 1. The lowest BCUT2D eigenvalue weighted by Gasteiger charge is -2.20. The summed E-state index contributed by atoms with van der Waals surface area (Å²) < 4.78 is 1.17. The Bertz CT molecular complexity index is 371. The second-order valence-corrected chi connectivity index (χ2v) is 4.96. The smallest absolute Gasteiger partial charge is 0.0358 e. The van der Waals surface area contributed by atoms with Gasteiger partial charge < -0.3 is 5.32 Å². The summed E-state index contributed by atoms with van der Waals surface area (Å²) in [6.07, 6.45) is 2.05. The molecule has 0 heterocycles. The average Bonchev–Trinajstić information content (AvgIpc) is 2.29. The first-order chi connectivity index (χ1) is 7.60. The fourth-order valence-corrected chi connectivity index (χ4v) is 2.18. The first-order valence-corrected chi connectivity index (χ1v) is 6.48. The van der Waals surface area contributed by atoms with Crippen LogP contribution < -0.4 is 5.32 Å². The molecule has 0 radical (unpaired) electrons. The molecule has 0 fully saturated rings. The van der Waals surface area contributed by atoms with E-state index in [4.69, 9.17) is 0 Å². The van der Waals surface area contributed by atoms with Crippen LogP contribution in [0.4, 0.5) is 0 Å². The molecule has 0 amide bonds. The number of halogens is 1. The van der Waals surface area contributed by atoms with Crippen molar-refractivity contribution in [2.24, 2.45) is 0 Å². The number of hydrogen-bond donors (Lipinski definition) is 1. The topological polar surface area (TPSA) is 12.0 Å². The maximum Gasteiger partial charge on any atom is 0.0358 e. The molecule has 0 aromatic heterocycles. The molecule has 0 saturated heterocycles. The van der Waals surface area contributed by atoms with E-state index in [-0.39, 0.29) is 0 Å². The maximum atomic E-state index is 4.09. The second-order valence-electron chi connectivity index (χ2n) is 4.10. The van der Waals surface area contributed by atoms with Gasteiger partial charge in [-0.1, -0.05) is 47.1 Å². The number of nitrogens with one attached hydrogen (secondary N) is 1. The highest BCUT2D eigenvalue weighted by molar-refractivity contribution is 9.10. The van der Waals surface area contributed by atoms with Crippen LogP contribution in [-0.2, 0) is 0 Å². The average molecular weight is 282 g/mol. The van der Waals surface area contributed by atoms with Gasteiger partial charge in [-0.3, -0.25) is 0 Å². The molecule has 1 nitrogen and oxygen atoms in total. The third-order valence-electron chi connectivity index (χ3n) is 3.03. The molecule has 0 aliphatic carbocycles. The van der Waals surface area contributed by atoms with Crippen LogP contribution in [0.3, 0.4) is 0 Å². The van der Waals surface area contributed by atoms with E-state index in [1.165, 1.54) is 21.2 Å².